The van der Waals surface area contributed by atoms with Crippen molar-refractivity contribution in [3.63, 3.8) is 0 Å². The highest BCUT2D eigenvalue weighted by Gasteiger charge is 2.32. The molecule has 3 aromatic rings. The van der Waals surface area contributed by atoms with Crippen LogP contribution >= 0.6 is 0 Å². The fourth-order valence-corrected chi connectivity index (χ4v) is 3.75. The van der Waals surface area contributed by atoms with Gasteiger partial charge in [-0.2, -0.15) is 20.6 Å². The van der Waals surface area contributed by atoms with Crippen LogP contribution in [0.4, 0.5) is 15.9 Å². The summed E-state index contributed by atoms with van der Waals surface area (Å²) >= 11 is 0. The lowest BCUT2D eigenvalue weighted by Gasteiger charge is -2.35. The van der Waals surface area contributed by atoms with Crippen LogP contribution in [0.5, 0.6) is 0 Å². The monoisotopic (exact) mass is 420 g/mol. The second-order valence-corrected chi connectivity index (χ2v) is 7.41. The van der Waals surface area contributed by atoms with E-state index in [1.165, 1.54) is 12.1 Å². The minimum atomic E-state index is -0.635. The SMILES string of the molecule is N#C[C@@H]1CN(Cc2cccnn2)CC[C@@H]1n1cc(C(N)=O)c(Nc2ccc(F)cc2)n1. The van der Waals surface area contributed by atoms with E-state index < -0.39 is 5.91 Å². The first-order valence-electron chi connectivity index (χ1n) is 9.83. The maximum Gasteiger partial charge on any atom is 0.254 e. The smallest absolute Gasteiger partial charge is 0.254 e. The number of primary amides is 1. The van der Waals surface area contributed by atoms with E-state index in [9.17, 15) is 14.4 Å². The Kier molecular flexibility index (Phi) is 5.86. The summed E-state index contributed by atoms with van der Waals surface area (Å²) in [5, 5.41) is 25.3. The number of piperidine rings is 1. The standard InChI is InChI=1S/C21H21FN8O/c22-15-3-5-16(6-4-15)26-21-18(20(24)31)13-30(28-21)19-7-9-29(11-14(19)10-23)12-17-2-1-8-25-27-17/h1-6,8,13-14,19H,7,9,11-12H2,(H2,24,31)(H,26,28)/t14-,19+/m1/s1. The van der Waals surface area contributed by atoms with Crippen LogP contribution in [0.15, 0.2) is 48.8 Å². The zero-order chi connectivity index (χ0) is 21.8. The second-order valence-electron chi connectivity index (χ2n) is 7.41. The van der Waals surface area contributed by atoms with Crippen LogP contribution < -0.4 is 11.1 Å². The van der Waals surface area contributed by atoms with Gasteiger partial charge in [0.05, 0.1) is 23.7 Å². The van der Waals surface area contributed by atoms with Crippen LogP contribution in [0.25, 0.3) is 0 Å². The van der Waals surface area contributed by atoms with Crippen molar-refractivity contribution in [2.24, 2.45) is 11.7 Å². The Bertz CT molecular complexity index is 1090. The molecule has 0 radical (unpaired) electrons. The first kappa shape index (κ1) is 20.4. The molecule has 0 bridgehead atoms. The van der Waals surface area contributed by atoms with Crippen molar-refractivity contribution in [3.8, 4) is 6.07 Å². The molecule has 9 nitrogen and oxygen atoms in total. The van der Waals surface area contributed by atoms with Crippen LogP contribution in [0.2, 0.25) is 0 Å². The van der Waals surface area contributed by atoms with Crippen LogP contribution in [0.3, 0.4) is 0 Å². The summed E-state index contributed by atoms with van der Waals surface area (Å²) in [6.45, 7) is 1.90. The molecule has 1 fully saturated rings. The Hall–Kier alpha value is -3.84. The van der Waals surface area contributed by atoms with E-state index in [1.54, 1.807) is 29.2 Å². The van der Waals surface area contributed by atoms with E-state index >= 15 is 0 Å². The number of anilines is 2. The van der Waals surface area contributed by atoms with Crippen molar-refractivity contribution in [2.45, 2.75) is 19.0 Å². The number of nitrogens with two attached hydrogens (primary N) is 1. The molecular formula is C21H21FN8O. The van der Waals surface area contributed by atoms with Crippen molar-refractivity contribution >= 4 is 17.4 Å². The normalized spacial score (nSPS) is 19.0. The van der Waals surface area contributed by atoms with Crippen molar-refractivity contribution in [2.75, 3.05) is 18.4 Å². The second kappa shape index (κ2) is 8.89. The molecular weight excluding hydrogens is 399 g/mol. The predicted octanol–water partition coefficient (Wildman–Crippen LogP) is 2.24. The lowest BCUT2D eigenvalue weighted by molar-refractivity contribution is 0.100. The number of benzene rings is 1. The zero-order valence-corrected chi connectivity index (χ0v) is 16.6. The van der Waals surface area contributed by atoms with Crippen molar-refractivity contribution in [1.29, 1.82) is 5.26 Å². The van der Waals surface area contributed by atoms with Crippen LogP contribution in [-0.4, -0.2) is 43.9 Å². The van der Waals surface area contributed by atoms with Crippen LogP contribution in [0, 0.1) is 23.1 Å². The Morgan fingerprint density at radius 3 is 2.81 bits per heavy atom. The van der Waals surface area contributed by atoms with Gasteiger partial charge in [-0.1, -0.05) is 0 Å². The lowest BCUT2D eigenvalue weighted by Crippen LogP contribution is -2.40. The summed E-state index contributed by atoms with van der Waals surface area (Å²) in [7, 11) is 0. The summed E-state index contributed by atoms with van der Waals surface area (Å²) in [5.41, 5.74) is 7.16. The van der Waals surface area contributed by atoms with Gasteiger partial charge < -0.3 is 11.1 Å². The number of likely N-dealkylation sites (tertiary alicyclic amines) is 1. The summed E-state index contributed by atoms with van der Waals surface area (Å²) in [5.74, 6) is -1.05. The van der Waals surface area contributed by atoms with Crippen LogP contribution in [-0.2, 0) is 6.54 Å². The molecule has 1 aromatic carbocycles. The quantitative estimate of drug-likeness (QED) is 0.626. The van der Waals surface area contributed by atoms with Gasteiger partial charge >= 0.3 is 0 Å². The Balaban J connectivity index is 1.52. The molecule has 2 aromatic heterocycles. The molecule has 3 heterocycles. The highest BCUT2D eigenvalue weighted by Crippen LogP contribution is 2.30. The molecule has 31 heavy (non-hydrogen) atoms. The molecule has 1 aliphatic rings. The molecule has 158 valence electrons. The third-order valence-corrected chi connectivity index (χ3v) is 5.28. The maximum absolute atomic E-state index is 13.2. The maximum atomic E-state index is 13.2. The number of hydrogen-bond acceptors (Lipinski definition) is 7. The Morgan fingerprint density at radius 2 is 2.13 bits per heavy atom. The summed E-state index contributed by atoms with van der Waals surface area (Å²) in [4.78, 5) is 14.1. The predicted molar refractivity (Wildman–Crippen MR) is 110 cm³/mol. The third-order valence-electron chi connectivity index (χ3n) is 5.28. The average Bonchev–Trinajstić information content (AvgIpc) is 3.20. The number of carbonyl (C=O) groups excluding carboxylic acids is 1. The number of nitriles is 1. The van der Waals surface area contributed by atoms with Gasteiger partial charge in [0.1, 0.15) is 11.4 Å². The average molecular weight is 420 g/mol. The molecule has 1 aliphatic heterocycles. The number of hydrogen-bond donors (Lipinski definition) is 2. The molecule has 2 atom stereocenters. The number of carbonyl (C=O) groups is 1. The zero-order valence-electron chi connectivity index (χ0n) is 16.6. The van der Waals surface area contributed by atoms with E-state index in [-0.39, 0.29) is 29.2 Å². The van der Waals surface area contributed by atoms with Crippen molar-refractivity contribution in [1.82, 2.24) is 24.9 Å². The number of nitrogens with one attached hydrogen (secondary N) is 1. The minimum Gasteiger partial charge on any atom is -0.365 e. The molecule has 4 rings (SSSR count). The summed E-state index contributed by atoms with van der Waals surface area (Å²) in [6, 6.07) is 11.6. The van der Waals surface area contributed by atoms with E-state index in [2.05, 4.69) is 31.6 Å². The number of halogens is 1. The van der Waals surface area contributed by atoms with E-state index in [0.29, 0.717) is 25.2 Å². The van der Waals surface area contributed by atoms with Gasteiger partial charge in [0, 0.05) is 37.7 Å². The summed E-state index contributed by atoms with van der Waals surface area (Å²) < 4.78 is 14.8. The van der Waals surface area contributed by atoms with Gasteiger partial charge in [-0.3, -0.25) is 14.4 Å². The first-order valence-corrected chi connectivity index (χ1v) is 9.83. The fraction of sp³-hybridized carbons (Fsp3) is 0.286. The van der Waals surface area contributed by atoms with Crippen molar-refractivity contribution < 1.29 is 9.18 Å². The van der Waals surface area contributed by atoms with Crippen molar-refractivity contribution in [3.05, 3.63) is 65.9 Å². The molecule has 10 heteroatoms. The highest BCUT2D eigenvalue weighted by atomic mass is 19.1. The van der Waals surface area contributed by atoms with Gasteiger partial charge in [-0.25, -0.2) is 4.39 Å². The van der Waals surface area contributed by atoms with Gasteiger partial charge in [-0.15, -0.1) is 0 Å². The van der Waals surface area contributed by atoms with E-state index in [0.717, 1.165) is 12.2 Å². The Labute approximate surface area is 178 Å². The van der Waals surface area contributed by atoms with Crippen LogP contribution in [0.1, 0.15) is 28.5 Å². The number of aromatic nitrogens is 4. The molecule has 0 aliphatic carbocycles. The van der Waals surface area contributed by atoms with Gasteiger partial charge in [0.2, 0.25) is 0 Å². The van der Waals surface area contributed by atoms with E-state index in [1.807, 2.05) is 12.1 Å². The number of amides is 1. The Morgan fingerprint density at radius 1 is 1.32 bits per heavy atom. The number of rotatable bonds is 6. The first-order chi connectivity index (χ1) is 15.0. The van der Waals surface area contributed by atoms with E-state index in [4.69, 9.17) is 5.73 Å². The van der Waals surface area contributed by atoms with Gasteiger partial charge in [0.15, 0.2) is 5.82 Å². The van der Waals surface area contributed by atoms with Gasteiger partial charge in [-0.05, 0) is 42.8 Å². The molecule has 0 saturated carbocycles. The number of nitrogens with zero attached hydrogens (tertiary/aromatic N) is 6. The molecule has 0 unspecified atom stereocenters. The largest absolute Gasteiger partial charge is 0.365 e. The molecule has 0 spiro atoms. The third kappa shape index (κ3) is 4.67. The molecule has 1 amide bonds. The lowest BCUT2D eigenvalue weighted by atomic mass is 9.93. The molecule has 3 N–H and O–H groups in total. The summed E-state index contributed by atoms with van der Waals surface area (Å²) in [6.07, 6.45) is 3.87. The minimum absolute atomic E-state index is 0.204. The van der Waals surface area contributed by atoms with Gasteiger partial charge in [0.25, 0.3) is 5.91 Å². The molecule has 1 saturated heterocycles. The fourth-order valence-electron chi connectivity index (χ4n) is 3.75. The topological polar surface area (TPSA) is 126 Å². The highest BCUT2D eigenvalue weighted by molar-refractivity contribution is 5.98.